The van der Waals surface area contributed by atoms with Crippen molar-refractivity contribution in [2.45, 2.75) is 32.6 Å². The zero-order chi connectivity index (χ0) is 17.7. The molecular formula is C14H20Cl2N8. The molecule has 24 heavy (non-hydrogen) atoms. The van der Waals surface area contributed by atoms with Crippen LogP contribution >= 0.6 is 23.2 Å². The maximum atomic E-state index is 6.10. The van der Waals surface area contributed by atoms with Crippen molar-refractivity contribution < 1.29 is 0 Å². The summed E-state index contributed by atoms with van der Waals surface area (Å²) in [7, 11) is 0. The second-order valence-corrected chi connectivity index (χ2v) is 6.40. The Hall–Kier alpha value is -1.74. The Labute approximate surface area is 150 Å². The number of hydrazine groups is 2. The summed E-state index contributed by atoms with van der Waals surface area (Å²) in [4.78, 5) is 0. The molecule has 5 N–H and O–H groups in total. The Morgan fingerprint density at radius 3 is 2.46 bits per heavy atom. The highest BCUT2D eigenvalue weighted by molar-refractivity contribution is 6.30. The van der Waals surface area contributed by atoms with Gasteiger partial charge in [-0.2, -0.15) is 0 Å². The first-order chi connectivity index (χ1) is 11.4. The molecule has 2 aromatic rings. The number of hydrogen-bond acceptors (Lipinski definition) is 8. The van der Waals surface area contributed by atoms with Gasteiger partial charge in [0.15, 0.2) is 21.9 Å². The first kappa shape index (κ1) is 18.6. The van der Waals surface area contributed by atoms with E-state index in [0.29, 0.717) is 28.5 Å². The van der Waals surface area contributed by atoms with E-state index >= 15 is 0 Å². The number of halogens is 2. The molecular weight excluding hydrogens is 351 g/mol. The average Bonchev–Trinajstić information content (AvgIpc) is 2.56. The summed E-state index contributed by atoms with van der Waals surface area (Å²) in [5, 5.41) is 16.4. The zero-order valence-corrected chi connectivity index (χ0v) is 15.2. The molecule has 1 atom stereocenters. The Morgan fingerprint density at radius 1 is 1.04 bits per heavy atom. The van der Waals surface area contributed by atoms with Crippen molar-refractivity contribution in [3.63, 3.8) is 0 Å². The van der Waals surface area contributed by atoms with Crippen LogP contribution in [0.1, 0.15) is 43.7 Å². The molecule has 2 rings (SSSR count). The second-order valence-electron chi connectivity index (χ2n) is 5.65. The van der Waals surface area contributed by atoms with E-state index in [1.807, 2.05) is 6.92 Å². The molecule has 1 unspecified atom stereocenters. The van der Waals surface area contributed by atoms with E-state index in [1.54, 1.807) is 12.1 Å². The topological polar surface area (TPSA) is 114 Å². The van der Waals surface area contributed by atoms with Crippen molar-refractivity contribution in [2.24, 2.45) is 5.84 Å². The van der Waals surface area contributed by atoms with Gasteiger partial charge in [0.1, 0.15) is 0 Å². The molecule has 0 radical (unpaired) electrons. The Kier molecular flexibility index (Phi) is 6.50. The first-order valence-corrected chi connectivity index (χ1v) is 8.19. The molecule has 0 amide bonds. The van der Waals surface area contributed by atoms with Crippen LogP contribution in [0.5, 0.6) is 0 Å². The third kappa shape index (κ3) is 4.64. The number of nitrogens with one attached hydrogen (secondary N) is 3. The van der Waals surface area contributed by atoms with Gasteiger partial charge < -0.3 is 10.9 Å². The SMILES string of the molecule is CC(C)c1cc(Cl)nnc1NNCC(C)c1cc(NN)nnc1Cl. The Morgan fingerprint density at radius 2 is 1.79 bits per heavy atom. The number of anilines is 2. The average molecular weight is 371 g/mol. The fourth-order valence-electron chi connectivity index (χ4n) is 2.12. The predicted molar refractivity (Wildman–Crippen MR) is 96.0 cm³/mol. The standard InChI is InChI=1S/C14H20Cl2N8/c1-7(2)9-4-11(15)20-24-14(9)23-18-6-8(3)10-5-12(19-17)21-22-13(10)16/h4-5,7-8,18H,6,17H2,1-3H3,(H,19,21)(H,23,24). The monoisotopic (exact) mass is 370 g/mol. The lowest BCUT2D eigenvalue weighted by atomic mass is 10.0. The minimum absolute atomic E-state index is 0.0651. The Balaban J connectivity index is 2.02. The summed E-state index contributed by atoms with van der Waals surface area (Å²) in [6.45, 7) is 6.71. The molecule has 0 aliphatic heterocycles. The van der Waals surface area contributed by atoms with Crippen LogP contribution in [-0.2, 0) is 0 Å². The number of nitrogens with zero attached hydrogens (tertiary/aromatic N) is 4. The lowest BCUT2D eigenvalue weighted by molar-refractivity contribution is 0.661. The van der Waals surface area contributed by atoms with Gasteiger partial charge in [-0.3, -0.25) is 0 Å². The minimum Gasteiger partial charge on any atom is -0.307 e. The first-order valence-electron chi connectivity index (χ1n) is 7.44. The molecule has 2 aromatic heterocycles. The molecule has 2 heterocycles. The lowest BCUT2D eigenvalue weighted by Gasteiger charge is -2.17. The molecule has 0 aliphatic carbocycles. The van der Waals surface area contributed by atoms with Crippen LogP contribution in [0.15, 0.2) is 12.1 Å². The summed E-state index contributed by atoms with van der Waals surface area (Å²) in [5.41, 5.74) is 10.5. The van der Waals surface area contributed by atoms with Crippen molar-refractivity contribution in [1.29, 1.82) is 0 Å². The van der Waals surface area contributed by atoms with E-state index in [4.69, 9.17) is 29.0 Å². The number of rotatable bonds is 7. The predicted octanol–water partition coefficient (Wildman–Crippen LogP) is 2.70. The molecule has 0 bridgehead atoms. The van der Waals surface area contributed by atoms with Gasteiger partial charge in [0.05, 0.1) is 0 Å². The van der Waals surface area contributed by atoms with Gasteiger partial charge in [-0.05, 0) is 29.5 Å². The fraction of sp³-hybridized carbons (Fsp3) is 0.429. The highest BCUT2D eigenvalue weighted by Crippen LogP contribution is 2.25. The smallest absolute Gasteiger partial charge is 0.166 e. The van der Waals surface area contributed by atoms with Gasteiger partial charge in [0.25, 0.3) is 0 Å². The fourth-order valence-corrected chi connectivity index (χ4v) is 2.56. The maximum Gasteiger partial charge on any atom is 0.166 e. The third-order valence-corrected chi connectivity index (χ3v) is 3.96. The van der Waals surface area contributed by atoms with Crippen LogP contribution in [0.3, 0.4) is 0 Å². The molecule has 0 fully saturated rings. The van der Waals surface area contributed by atoms with Crippen LogP contribution < -0.4 is 22.1 Å². The van der Waals surface area contributed by atoms with Gasteiger partial charge >= 0.3 is 0 Å². The molecule has 0 saturated heterocycles. The summed E-state index contributed by atoms with van der Waals surface area (Å²) in [6.07, 6.45) is 0. The lowest BCUT2D eigenvalue weighted by Crippen LogP contribution is -2.28. The number of nitrogen functional groups attached to an aromatic ring is 1. The van der Waals surface area contributed by atoms with E-state index in [0.717, 1.165) is 11.1 Å². The van der Waals surface area contributed by atoms with Crippen LogP contribution in [0.4, 0.5) is 11.6 Å². The molecule has 130 valence electrons. The largest absolute Gasteiger partial charge is 0.307 e. The van der Waals surface area contributed by atoms with Crippen LogP contribution in [0, 0.1) is 0 Å². The van der Waals surface area contributed by atoms with Crippen molar-refractivity contribution >= 4 is 34.8 Å². The van der Waals surface area contributed by atoms with Crippen molar-refractivity contribution in [3.05, 3.63) is 33.6 Å². The molecule has 0 aliphatic rings. The summed E-state index contributed by atoms with van der Waals surface area (Å²) >= 11 is 12.0. The van der Waals surface area contributed by atoms with Gasteiger partial charge in [-0.25, -0.2) is 11.3 Å². The van der Waals surface area contributed by atoms with E-state index < -0.39 is 0 Å². The molecule has 0 aromatic carbocycles. The number of nitrogens with two attached hydrogens (primary N) is 1. The highest BCUT2D eigenvalue weighted by Gasteiger charge is 2.14. The summed E-state index contributed by atoms with van der Waals surface area (Å²) in [5.74, 6) is 6.78. The van der Waals surface area contributed by atoms with Crippen molar-refractivity contribution in [1.82, 2.24) is 25.8 Å². The number of hydrogen-bond donors (Lipinski definition) is 4. The molecule has 10 heteroatoms. The minimum atomic E-state index is 0.0651. The third-order valence-electron chi connectivity index (χ3n) is 3.49. The van der Waals surface area contributed by atoms with Crippen LogP contribution in [-0.4, -0.2) is 26.9 Å². The highest BCUT2D eigenvalue weighted by atomic mass is 35.5. The second kappa shape index (κ2) is 8.39. The van der Waals surface area contributed by atoms with Crippen LogP contribution in [0.25, 0.3) is 0 Å². The Bertz CT molecular complexity index is 694. The quantitative estimate of drug-likeness (QED) is 0.434. The van der Waals surface area contributed by atoms with E-state index in [1.165, 1.54) is 0 Å². The van der Waals surface area contributed by atoms with Gasteiger partial charge in [-0.15, -0.1) is 20.4 Å². The van der Waals surface area contributed by atoms with E-state index in [2.05, 4.69) is 50.5 Å². The summed E-state index contributed by atoms with van der Waals surface area (Å²) < 4.78 is 0. The van der Waals surface area contributed by atoms with Crippen molar-refractivity contribution in [3.8, 4) is 0 Å². The van der Waals surface area contributed by atoms with E-state index in [-0.39, 0.29) is 11.8 Å². The van der Waals surface area contributed by atoms with Crippen molar-refractivity contribution in [2.75, 3.05) is 17.4 Å². The van der Waals surface area contributed by atoms with Gasteiger partial charge in [-0.1, -0.05) is 44.0 Å². The summed E-state index contributed by atoms with van der Waals surface area (Å²) in [6, 6.07) is 3.57. The zero-order valence-electron chi connectivity index (χ0n) is 13.6. The van der Waals surface area contributed by atoms with Gasteiger partial charge in [0, 0.05) is 12.1 Å². The van der Waals surface area contributed by atoms with Crippen LogP contribution in [0.2, 0.25) is 10.3 Å². The molecule has 0 saturated carbocycles. The maximum absolute atomic E-state index is 6.10. The molecule has 0 spiro atoms. The van der Waals surface area contributed by atoms with E-state index in [9.17, 15) is 0 Å². The number of aromatic nitrogens is 4. The molecule has 8 nitrogen and oxygen atoms in total. The van der Waals surface area contributed by atoms with Gasteiger partial charge in [0.2, 0.25) is 0 Å². The normalized spacial score (nSPS) is 12.3.